The molecule has 1 atom stereocenters. The van der Waals surface area contributed by atoms with Crippen LogP contribution >= 0.6 is 0 Å². The number of rotatable bonds is 1. The summed E-state index contributed by atoms with van der Waals surface area (Å²) in [5, 5.41) is 3.66. The number of fused-ring (bicyclic) bond motifs is 2. The van der Waals surface area contributed by atoms with Crippen molar-refractivity contribution in [2.75, 3.05) is 13.2 Å². The van der Waals surface area contributed by atoms with Crippen LogP contribution in [0.2, 0.25) is 0 Å². The summed E-state index contributed by atoms with van der Waals surface area (Å²) in [6.07, 6.45) is 3.38. The molecule has 4 rings (SSSR count). The fourth-order valence-corrected chi connectivity index (χ4v) is 3.42. The van der Waals surface area contributed by atoms with Gasteiger partial charge < -0.3 is 10.1 Å². The van der Waals surface area contributed by atoms with Gasteiger partial charge in [-0.3, -0.25) is 0 Å². The van der Waals surface area contributed by atoms with Gasteiger partial charge in [0.25, 0.3) is 0 Å². The van der Waals surface area contributed by atoms with Crippen molar-refractivity contribution in [1.82, 2.24) is 5.32 Å². The molecule has 2 aromatic rings. The number of ether oxygens (including phenoxy) is 1. The summed E-state index contributed by atoms with van der Waals surface area (Å²) in [6, 6.07) is 15.6. The Morgan fingerprint density at radius 2 is 1.75 bits per heavy atom. The van der Waals surface area contributed by atoms with Crippen molar-refractivity contribution < 1.29 is 4.74 Å². The number of hydrogen-bond donors (Lipinski definition) is 1. The second kappa shape index (κ2) is 4.95. The van der Waals surface area contributed by atoms with Crippen LogP contribution in [-0.2, 0) is 12.8 Å². The molecule has 0 bridgehead atoms. The Morgan fingerprint density at radius 1 is 0.900 bits per heavy atom. The molecule has 2 nitrogen and oxygen atoms in total. The minimum Gasteiger partial charge on any atom is -0.493 e. The molecule has 0 aromatic heterocycles. The van der Waals surface area contributed by atoms with Gasteiger partial charge in [-0.05, 0) is 36.0 Å². The molecule has 1 unspecified atom stereocenters. The lowest BCUT2D eigenvalue weighted by Gasteiger charge is -2.30. The molecule has 1 N–H and O–H groups in total. The van der Waals surface area contributed by atoms with Gasteiger partial charge in [-0.15, -0.1) is 0 Å². The lowest BCUT2D eigenvalue weighted by atomic mass is 9.88. The smallest absolute Gasteiger partial charge is 0.127 e. The van der Waals surface area contributed by atoms with E-state index < -0.39 is 0 Å². The third kappa shape index (κ3) is 1.92. The van der Waals surface area contributed by atoms with E-state index >= 15 is 0 Å². The van der Waals surface area contributed by atoms with Gasteiger partial charge >= 0.3 is 0 Å². The monoisotopic (exact) mass is 265 g/mol. The molecule has 0 aliphatic carbocycles. The maximum absolute atomic E-state index is 5.98. The van der Waals surface area contributed by atoms with Crippen LogP contribution in [0.1, 0.15) is 34.7 Å². The lowest BCUT2D eigenvalue weighted by Crippen LogP contribution is -2.31. The molecule has 2 heteroatoms. The summed E-state index contributed by atoms with van der Waals surface area (Å²) in [4.78, 5) is 0. The number of nitrogens with one attached hydrogen (secondary N) is 1. The molecular formula is C18H19NO. The number of hydrogen-bond acceptors (Lipinski definition) is 2. The van der Waals surface area contributed by atoms with Crippen molar-refractivity contribution in [2.45, 2.75) is 25.3 Å². The van der Waals surface area contributed by atoms with Gasteiger partial charge in [-0.2, -0.15) is 0 Å². The highest BCUT2D eigenvalue weighted by atomic mass is 16.5. The zero-order valence-electron chi connectivity index (χ0n) is 11.6. The fourth-order valence-electron chi connectivity index (χ4n) is 3.42. The van der Waals surface area contributed by atoms with Crippen molar-refractivity contribution in [2.24, 2.45) is 0 Å². The standard InChI is InChI=1S/C18H19NO/c1-2-8-15-13(5-1)10-11-19-17(15)16-9-3-6-14-7-4-12-20-18(14)16/h1-3,5-6,8-9,17,19H,4,7,10-12H2. The zero-order valence-corrected chi connectivity index (χ0v) is 11.6. The molecule has 2 aromatic carbocycles. The van der Waals surface area contributed by atoms with E-state index in [4.69, 9.17) is 4.74 Å². The summed E-state index contributed by atoms with van der Waals surface area (Å²) >= 11 is 0. The average Bonchev–Trinajstić information content (AvgIpc) is 2.54. The van der Waals surface area contributed by atoms with Crippen LogP contribution in [0.25, 0.3) is 0 Å². The van der Waals surface area contributed by atoms with Gasteiger partial charge in [-0.25, -0.2) is 0 Å². The van der Waals surface area contributed by atoms with E-state index in [9.17, 15) is 0 Å². The normalized spacial score (nSPS) is 20.7. The SMILES string of the molecule is c1ccc2c(c1)CCNC2c1cccc2c1OCCC2. The summed E-state index contributed by atoms with van der Waals surface area (Å²) < 4.78 is 5.98. The van der Waals surface area contributed by atoms with Gasteiger partial charge in [0, 0.05) is 12.1 Å². The molecule has 20 heavy (non-hydrogen) atoms. The number of aryl methyl sites for hydroxylation is 1. The maximum Gasteiger partial charge on any atom is 0.127 e. The molecule has 2 heterocycles. The highest BCUT2D eigenvalue weighted by molar-refractivity contribution is 5.49. The van der Waals surface area contributed by atoms with Gasteiger partial charge in [0.05, 0.1) is 12.6 Å². The summed E-state index contributed by atoms with van der Waals surface area (Å²) in [5.74, 6) is 1.12. The number of benzene rings is 2. The topological polar surface area (TPSA) is 21.3 Å². The van der Waals surface area contributed by atoms with Gasteiger partial charge in [0.15, 0.2) is 0 Å². The van der Waals surface area contributed by atoms with Crippen LogP contribution in [0.15, 0.2) is 42.5 Å². The van der Waals surface area contributed by atoms with Crippen LogP contribution in [0.5, 0.6) is 5.75 Å². The van der Waals surface area contributed by atoms with Crippen LogP contribution in [0.3, 0.4) is 0 Å². The number of para-hydroxylation sites is 1. The quantitative estimate of drug-likeness (QED) is 0.854. The first-order valence-electron chi connectivity index (χ1n) is 7.49. The van der Waals surface area contributed by atoms with E-state index in [-0.39, 0.29) is 6.04 Å². The molecular weight excluding hydrogens is 246 g/mol. The van der Waals surface area contributed by atoms with Gasteiger partial charge in [0.1, 0.15) is 5.75 Å². The average molecular weight is 265 g/mol. The van der Waals surface area contributed by atoms with Crippen molar-refractivity contribution in [3.05, 3.63) is 64.7 Å². The van der Waals surface area contributed by atoms with E-state index in [0.29, 0.717) is 0 Å². The molecule has 2 aliphatic rings. The minimum atomic E-state index is 0.271. The largest absolute Gasteiger partial charge is 0.493 e. The zero-order chi connectivity index (χ0) is 13.4. The summed E-state index contributed by atoms with van der Waals surface area (Å²) in [6.45, 7) is 1.88. The first-order valence-corrected chi connectivity index (χ1v) is 7.49. The second-order valence-corrected chi connectivity index (χ2v) is 5.62. The van der Waals surface area contributed by atoms with Crippen LogP contribution in [-0.4, -0.2) is 13.2 Å². The van der Waals surface area contributed by atoms with Gasteiger partial charge in [-0.1, -0.05) is 42.5 Å². The third-order valence-electron chi connectivity index (χ3n) is 4.38. The molecule has 0 fully saturated rings. The first kappa shape index (κ1) is 12.0. The molecule has 0 amide bonds. The molecule has 0 saturated heterocycles. The Labute approximate surface area is 119 Å². The van der Waals surface area contributed by atoms with E-state index in [1.54, 1.807) is 0 Å². The minimum absolute atomic E-state index is 0.271. The lowest BCUT2D eigenvalue weighted by molar-refractivity contribution is 0.282. The van der Waals surface area contributed by atoms with Crippen LogP contribution in [0.4, 0.5) is 0 Å². The molecule has 0 saturated carbocycles. The Morgan fingerprint density at radius 3 is 2.75 bits per heavy atom. The Balaban J connectivity index is 1.83. The van der Waals surface area contributed by atoms with E-state index in [1.807, 2.05) is 0 Å². The fraction of sp³-hybridized carbons (Fsp3) is 0.333. The predicted molar refractivity (Wildman–Crippen MR) is 80.2 cm³/mol. The van der Waals surface area contributed by atoms with Gasteiger partial charge in [0.2, 0.25) is 0 Å². The van der Waals surface area contributed by atoms with Crippen molar-refractivity contribution in [3.8, 4) is 5.75 Å². The molecule has 102 valence electrons. The Kier molecular flexibility index (Phi) is 2.96. The van der Waals surface area contributed by atoms with Crippen molar-refractivity contribution in [3.63, 3.8) is 0 Å². The predicted octanol–water partition coefficient (Wildman–Crippen LogP) is 3.25. The first-order chi connectivity index (χ1) is 9.93. The molecule has 2 aliphatic heterocycles. The molecule has 0 radical (unpaired) electrons. The van der Waals surface area contributed by atoms with E-state index in [0.717, 1.165) is 38.2 Å². The Hall–Kier alpha value is -1.80. The maximum atomic E-state index is 5.98. The van der Waals surface area contributed by atoms with Crippen LogP contribution in [0, 0.1) is 0 Å². The Bertz CT molecular complexity index is 635. The van der Waals surface area contributed by atoms with Crippen LogP contribution < -0.4 is 10.1 Å². The summed E-state index contributed by atoms with van der Waals surface area (Å²) in [7, 11) is 0. The third-order valence-corrected chi connectivity index (χ3v) is 4.38. The summed E-state index contributed by atoms with van der Waals surface area (Å²) in [5.41, 5.74) is 5.53. The van der Waals surface area contributed by atoms with Crippen molar-refractivity contribution in [1.29, 1.82) is 0 Å². The second-order valence-electron chi connectivity index (χ2n) is 5.62. The van der Waals surface area contributed by atoms with Crippen molar-refractivity contribution >= 4 is 0 Å². The van der Waals surface area contributed by atoms with E-state index in [1.165, 1.54) is 22.3 Å². The molecule has 0 spiro atoms. The highest BCUT2D eigenvalue weighted by Crippen LogP contribution is 2.37. The highest BCUT2D eigenvalue weighted by Gasteiger charge is 2.25. The van der Waals surface area contributed by atoms with E-state index in [2.05, 4.69) is 47.8 Å².